The normalized spacial score (nSPS) is 21.7. The van der Waals surface area contributed by atoms with Crippen molar-refractivity contribution in [2.24, 2.45) is 5.92 Å². The maximum Gasteiger partial charge on any atom is 0.136 e. The van der Waals surface area contributed by atoms with Gasteiger partial charge in [0.2, 0.25) is 0 Å². The van der Waals surface area contributed by atoms with Gasteiger partial charge in [0.05, 0.1) is 16.8 Å². The summed E-state index contributed by atoms with van der Waals surface area (Å²) >= 11 is 3.41. The molecule has 0 radical (unpaired) electrons. The van der Waals surface area contributed by atoms with Crippen LogP contribution in [0, 0.1) is 12.8 Å². The van der Waals surface area contributed by atoms with Crippen LogP contribution in [0.1, 0.15) is 12.1 Å². The Morgan fingerprint density at radius 1 is 1.71 bits per heavy atom. The smallest absolute Gasteiger partial charge is 0.136 e. The van der Waals surface area contributed by atoms with Gasteiger partial charge in [-0.1, -0.05) is 0 Å². The van der Waals surface area contributed by atoms with Crippen LogP contribution in [0.4, 0.5) is 5.82 Å². The quantitative estimate of drug-likeness (QED) is 0.878. The number of halogens is 1. The SMILES string of the molecule is Cc1nn(CC2CCOC2)c(N)c1Br. The summed E-state index contributed by atoms with van der Waals surface area (Å²) in [5.74, 6) is 1.28. The zero-order valence-electron chi connectivity index (χ0n) is 8.16. The summed E-state index contributed by atoms with van der Waals surface area (Å²) < 4.78 is 8.09. The van der Waals surface area contributed by atoms with Crippen LogP contribution in [0.25, 0.3) is 0 Å². The third-order valence-electron chi connectivity index (χ3n) is 2.55. The van der Waals surface area contributed by atoms with E-state index in [0.717, 1.165) is 42.2 Å². The Bertz CT molecular complexity index is 331. The van der Waals surface area contributed by atoms with Gasteiger partial charge in [0.15, 0.2) is 0 Å². The minimum atomic E-state index is 0.559. The summed E-state index contributed by atoms with van der Waals surface area (Å²) in [6.45, 7) is 4.50. The molecule has 2 heterocycles. The number of aromatic nitrogens is 2. The number of anilines is 1. The molecule has 1 atom stereocenters. The Morgan fingerprint density at radius 2 is 2.50 bits per heavy atom. The van der Waals surface area contributed by atoms with Crippen LogP contribution in [0.2, 0.25) is 0 Å². The predicted octanol–water partition coefficient (Wildman–Crippen LogP) is 1.57. The topological polar surface area (TPSA) is 53.1 Å². The lowest BCUT2D eigenvalue weighted by Crippen LogP contribution is -2.13. The van der Waals surface area contributed by atoms with Crippen LogP contribution in [-0.2, 0) is 11.3 Å². The molecule has 1 fully saturated rings. The standard InChI is InChI=1S/C9H14BrN3O/c1-6-8(10)9(11)13(12-6)4-7-2-3-14-5-7/h7H,2-5,11H2,1H3. The van der Waals surface area contributed by atoms with Crippen molar-refractivity contribution in [1.82, 2.24) is 9.78 Å². The fourth-order valence-electron chi connectivity index (χ4n) is 1.69. The summed E-state index contributed by atoms with van der Waals surface area (Å²) in [6.07, 6.45) is 1.11. The molecule has 0 amide bonds. The van der Waals surface area contributed by atoms with Crippen molar-refractivity contribution < 1.29 is 4.74 Å². The summed E-state index contributed by atoms with van der Waals surface area (Å²) in [7, 11) is 0. The van der Waals surface area contributed by atoms with E-state index >= 15 is 0 Å². The van der Waals surface area contributed by atoms with Crippen molar-refractivity contribution >= 4 is 21.7 Å². The van der Waals surface area contributed by atoms with Gasteiger partial charge in [-0.25, -0.2) is 4.68 Å². The highest BCUT2D eigenvalue weighted by atomic mass is 79.9. The molecule has 78 valence electrons. The van der Waals surface area contributed by atoms with Crippen LogP contribution < -0.4 is 5.73 Å². The van der Waals surface area contributed by atoms with Crippen molar-refractivity contribution in [1.29, 1.82) is 0 Å². The summed E-state index contributed by atoms with van der Waals surface area (Å²) in [4.78, 5) is 0. The highest BCUT2D eigenvalue weighted by Gasteiger charge is 2.19. The van der Waals surface area contributed by atoms with Gasteiger partial charge in [-0.2, -0.15) is 5.10 Å². The minimum Gasteiger partial charge on any atom is -0.383 e. The number of hydrogen-bond donors (Lipinski definition) is 1. The molecule has 0 aliphatic carbocycles. The second-order valence-corrected chi connectivity index (χ2v) is 4.49. The molecule has 14 heavy (non-hydrogen) atoms. The van der Waals surface area contributed by atoms with Gasteiger partial charge in [-0.3, -0.25) is 0 Å². The molecule has 0 aromatic carbocycles. The number of ether oxygens (including phenoxy) is 1. The Balaban J connectivity index is 2.12. The van der Waals surface area contributed by atoms with E-state index < -0.39 is 0 Å². The number of nitrogens with two attached hydrogens (primary N) is 1. The maximum absolute atomic E-state index is 5.89. The maximum atomic E-state index is 5.89. The molecule has 2 N–H and O–H groups in total. The van der Waals surface area contributed by atoms with E-state index in [2.05, 4.69) is 21.0 Å². The second kappa shape index (κ2) is 3.90. The molecule has 1 aromatic rings. The Labute approximate surface area is 91.5 Å². The van der Waals surface area contributed by atoms with E-state index in [-0.39, 0.29) is 0 Å². The zero-order chi connectivity index (χ0) is 10.1. The van der Waals surface area contributed by atoms with Crippen molar-refractivity contribution in [3.05, 3.63) is 10.2 Å². The molecule has 5 heteroatoms. The number of aryl methyl sites for hydroxylation is 1. The largest absolute Gasteiger partial charge is 0.383 e. The van der Waals surface area contributed by atoms with E-state index in [9.17, 15) is 0 Å². The zero-order valence-corrected chi connectivity index (χ0v) is 9.75. The van der Waals surface area contributed by atoms with Crippen molar-refractivity contribution in [2.45, 2.75) is 19.9 Å². The molecule has 1 saturated heterocycles. The summed E-state index contributed by atoms with van der Waals surface area (Å²) in [5, 5.41) is 4.36. The lowest BCUT2D eigenvalue weighted by molar-refractivity contribution is 0.181. The number of nitrogens with zero attached hydrogens (tertiary/aromatic N) is 2. The molecule has 0 saturated carbocycles. The molecule has 2 rings (SSSR count). The predicted molar refractivity (Wildman–Crippen MR) is 58.0 cm³/mol. The number of hydrogen-bond acceptors (Lipinski definition) is 3. The third-order valence-corrected chi connectivity index (χ3v) is 3.53. The third kappa shape index (κ3) is 1.79. The van der Waals surface area contributed by atoms with Crippen LogP contribution >= 0.6 is 15.9 Å². The highest BCUT2D eigenvalue weighted by Crippen LogP contribution is 2.25. The lowest BCUT2D eigenvalue weighted by atomic mass is 10.1. The minimum absolute atomic E-state index is 0.559. The first kappa shape index (κ1) is 9.98. The van der Waals surface area contributed by atoms with Gasteiger partial charge in [0.1, 0.15) is 5.82 Å². The number of rotatable bonds is 2. The van der Waals surface area contributed by atoms with Gasteiger partial charge in [-0.15, -0.1) is 0 Å². The Kier molecular flexibility index (Phi) is 2.78. The Morgan fingerprint density at radius 3 is 3.00 bits per heavy atom. The summed E-state index contributed by atoms with van der Waals surface area (Å²) in [5.41, 5.74) is 6.84. The van der Waals surface area contributed by atoms with Gasteiger partial charge >= 0.3 is 0 Å². The van der Waals surface area contributed by atoms with Crippen LogP contribution in [0.3, 0.4) is 0 Å². The molecule has 0 bridgehead atoms. The van der Waals surface area contributed by atoms with Gasteiger partial charge in [0.25, 0.3) is 0 Å². The molecular weight excluding hydrogens is 246 g/mol. The van der Waals surface area contributed by atoms with E-state index in [1.54, 1.807) is 0 Å². The average molecular weight is 260 g/mol. The van der Waals surface area contributed by atoms with Gasteiger partial charge in [0, 0.05) is 19.1 Å². The first-order valence-electron chi connectivity index (χ1n) is 4.74. The second-order valence-electron chi connectivity index (χ2n) is 3.70. The van der Waals surface area contributed by atoms with Crippen molar-refractivity contribution in [3.63, 3.8) is 0 Å². The van der Waals surface area contributed by atoms with Gasteiger partial charge < -0.3 is 10.5 Å². The summed E-state index contributed by atoms with van der Waals surface area (Å²) in [6, 6.07) is 0. The van der Waals surface area contributed by atoms with E-state index in [0.29, 0.717) is 5.92 Å². The van der Waals surface area contributed by atoms with E-state index in [1.165, 1.54) is 0 Å². The van der Waals surface area contributed by atoms with Crippen LogP contribution in [0.15, 0.2) is 4.47 Å². The molecule has 1 aliphatic heterocycles. The van der Waals surface area contributed by atoms with Crippen LogP contribution in [-0.4, -0.2) is 23.0 Å². The molecule has 1 aliphatic rings. The fourth-order valence-corrected chi connectivity index (χ4v) is 1.97. The average Bonchev–Trinajstić information content (AvgIpc) is 2.73. The highest BCUT2D eigenvalue weighted by molar-refractivity contribution is 9.10. The lowest BCUT2D eigenvalue weighted by Gasteiger charge is -2.08. The van der Waals surface area contributed by atoms with Gasteiger partial charge in [-0.05, 0) is 29.3 Å². The van der Waals surface area contributed by atoms with Crippen molar-refractivity contribution in [2.75, 3.05) is 18.9 Å². The number of nitrogen functional groups attached to an aromatic ring is 1. The molecular formula is C9H14BrN3O. The van der Waals surface area contributed by atoms with E-state index in [4.69, 9.17) is 10.5 Å². The van der Waals surface area contributed by atoms with Crippen LogP contribution in [0.5, 0.6) is 0 Å². The first-order valence-corrected chi connectivity index (χ1v) is 5.54. The molecule has 0 spiro atoms. The van der Waals surface area contributed by atoms with Crippen molar-refractivity contribution in [3.8, 4) is 0 Å². The Hall–Kier alpha value is -0.550. The van der Waals surface area contributed by atoms with E-state index in [1.807, 2.05) is 11.6 Å². The monoisotopic (exact) mass is 259 g/mol. The molecule has 4 nitrogen and oxygen atoms in total. The first-order chi connectivity index (χ1) is 6.68. The fraction of sp³-hybridized carbons (Fsp3) is 0.667. The molecule has 1 unspecified atom stereocenters. The molecule has 1 aromatic heterocycles.